The molecule has 0 atom stereocenters. The molecule has 2 rings (SSSR count). The Kier molecular flexibility index (Phi) is 6.69. The van der Waals surface area contributed by atoms with E-state index in [0.29, 0.717) is 25.9 Å². The normalized spacial score (nSPS) is 20.3. The van der Waals surface area contributed by atoms with E-state index in [-0.39, 0.29) is 11.9 Å². The predicted molar refractivity (Wildman–Crippen MR) is 100 cm³/mol. The average molecular weight is 384 g/mol. The molecule has 1 saturated carbocycles. The van der Waals surface area contributed by atoms with Gasteiger partial charge in [0.15, 0.2) is 0 Å². The molecule has 0 unspecified atom stereocenters. The topological polar surface area (TPSA) is 72.9 Å². The van der Waals surface area contributed by atoms with E-state index in [9.17, 15) is 13.2 Å². The molecule has 0 bridgehead atoms. The van der Waals surface area contributed by atoms with Gasteiger partial charge in [-0.05, 0) is 45.6 Å². The first kappa shape index (κ1) is 20.7. The van der Waals surface area contributed by atoms with Crippen LogP contribution >= 0.6 is 0 Å². The van der Waals surface area contributed by atoms with Crippen molar-refractivity contribution in [3.05, 3.63) is 35.9 Å². The van der Waals surface area contributed by atoms with Gasteiger partial charge in [-0.3, -0.25) is 0 Å². The summed E-state index contributed by atoms with van der Waals surface area (Å²) in [6, 6.07) is 9.40. The monoisotopic (exact) mass is 383 g/mol. The Morgan fingerprint density at radius 1 is 1.19 bits per heavy atom. The lowest BCUT2D eigenvalue weighted by Gasteiger charge is -2.41. The van der Waals surface area contributed by atoms with Gasteiger partial charge in [0.05, 0.1) is 24.5 Å². The summed E-state index contributed by atoms with van der Waals surface area (Å²) in [6.07, 6.45) is 0.589. The number of ether oxygens (including phenoxy) is 2. The minimum absolute atomic E-state index is 0.0537. The minimum Gasteiger partial charge on any atom is -0.443 e. The van der Waals surface area contributed by atoms with Crippen LogP contribution in [-0.2, 0) is 26.1 Å². The Hall–Kier alpha value is -1.60. The van der Waals surface area contributed by atoms with Crippen molar-refractivity contribution in [3.63, 3.8) is 0 Å². The minimum atomic E-state index is -3.69. The largest absolute Gasteiger partial charge is 0.443 e. The molecule has 1 aromatic rings. The molecule has 0 radical (unpaired) electrons. The molecule has 1 aromatic carbocycles. The molecule has 1 aliphatic carbocycles. The lowest BCUT2D eigenvalue weighted by atomic mass is 9.89. The lowest BCUT2D eigenvalue weighted by molar-refractivity contribution is -0.0464. The maximum Gasteiger partial charge on any atom is 0.424 e. The van der Waals surface area contributed by atoms with Gasteiger partial charge in [-0.25, -0.2) is 17.5 Å². The molecule has 0 saturated heterocycles. The smallest absolute Gasteiger partial charge is 0.424 e. The maximum absolute atomic E-state index is 12.6. The second kappa shape index (κ2) is 8.39. The highest BCUT2D eigenvalue weighted by Gasteiger charge is 2.44. The number of carbonyl (C=O) groups excluding carboxylic acids is 1. The highest BCUT2D eigenvalue weighted by molar-refractivity contribution is 7.89. The van der Waals surface area contributed by atoms with Crippen LogP contribution in [0.4, 0.5) is 4.79 Å². The summed E-state index contributed by atoms with van der Waals surface area (Å²) in [6.45, 7) is 7.43. The summed E-state index contributed by atoms with van der Waals surface area (Å²) in [7, 11) is -3.69. The SMILES string of the molecule is CCCS(=O)(=O)N(C(=O)OC(C)(C)C)C1CC(OCc2ccccc2)C1. The highest BCUT2D eigenvalue weighted by Crippen LogP contribution is 2.32. The van der Waals surface area contributed by atoms with Gasteiger partial charge in [0, 0.05) is 0 Å². The van der Waals surface area contributed by atoms with Crippen LogP contribution in [0.2, 0.25) is 0 Å². The van der Waals surface area contributed by atoms with E-state index in [4.69, 9.17) is 9.47 Å². The molecule has 146 valence electrons. The van der Waals surface area contributed by atoms with Crippen molar-refractivity contribution in [2.24, 2.45) is 0 Å². The molecule has 7 heteroatoms. The van der Waals surface area contributed by atoms with Crippen LogP contribution in [0.5, 0.6) is 0 Å². The van der Waals surface area contributed by atoms with E-state index in [0.717, 1.165) is 9.87 Å². The number of nitrogens with zero attached hydrogens (tertiary/aromatic N) is 1. The third-order valence-electron chi connectivity index (χ3n) is 4.07. The quantitative estimate of drug-likeness (QED) is 0.718. The second-order valence-electron chi connectivity index (χ2n) is 7.64. The molecule has 0 aliphatic heterocycles. The zero-order valence-corrected chi connectivity index (χ0v) is 16.8. The van der Waals surface area contributed by atoms with Gasteiger partial charge in [-0.2, -0.15) is 0 Å². The number of hydrogen-bond donors (Lipinski definition) is 0. The fourth-order valence-corrected chi connectivity index (χ4v) is 4.41. The molecule has 1 amide bonds. The van der Waals surface area contributed by atoms with Crippen molar-refractivity contribution in [3.8, 4) is 0 Å². The Bertz CT molecular complexity index is 690. The van der Waals surface area contributed by atoms with Gasteiger partial charge < -0.3 is 9.47 Å². The van der Waals surface area contributed by atoms with E-state index >= 15 is 0 Å². The van der Waals surface area contributed by atoms with Crippen LogP contribution in [0, 0.1) is 0 Å². The zero-order chi connectivity index (χ0) is 19.4. The summed E-state index contributed by atoms with van der Waals surface area (Å²) >= 11 is 0. The third-order valence-corrected chi connectivity index (χ3v) is 6.04. The van der Waals surface area contributed by atoms with Crippen LogP contribution in [0.15, 0.2) is 30.3 Å². The molecule has 0 heterocycles. The van der Waals surface area contributed by atoms with Gasteiger partial charge in [0.2, 0.25) is 10.0 Å². The van der Waals surface area contributed by atoms with Crippen LogP contribution in [0.3, 0.4) is 0 Å². The van der Waals surface area contributed by atoms with E-state index in [1.54, 1.807) is 27.7 Å². The Morgan fingerprint density at radius 3 is 2.35 bits per heavy atom. The molecule has 6 nitrogen and oxygen atoms in total. The first-order chi connectivity index (χ1) is 12.1. The molecule has 1 fully saturated rings. The average Bonchev–Trinajstić information content (AvgIpc) is 2.48. The van der Waals surface area contributed by atoms with Crippen molar-refractivity contribution < 1.29 is 22.7 Å². The van der Waals surface area contributed by atoms with E-state index in [2.05, 4.69) is 0 Å². The van der Waals surface area contributed by atoms with Gasteiger partial charge >= 0.3 is 6.09 Å². The van der Waals surface area contributed by atoms with Gasteiger partial charge in [0.1, 0.15) is 5.60 Å². The van der Waals surface area contributed by atoms with E-state index in [1.807, 2.05) is 30.3 Å². The third kappa shape index (κ3) is 5.71. The van der Waals surface area contributed by atoms with Gasteiger partial charge in [-0.1, -0.05) is 37.3 Å². The summed E-state index contributed by atoms with van der Waals surface area (Å²) < 4.78 is 37.2. The number of hydrogen-bond acceptors (Lipinski definition) is 5. The number of benzene rings is 1. The van der Waals surface area contributed by atoms with E-state index in [1.165, 1.54) is 0 Å². The predicted octanol–water partition coefficient (Wildman–Crippen LogP) is 3.71. The Morgan fingerprint density at radius 2 is 1.81 bits per heavy atom. The second-order valence-corrected chi connectivity index (χ2v) is 9.60. The fraction of sp³-hybridized carbons (Fsp3) is 0.632. The van der Waals surface area contributed by atoms with Crippen molar-refractivity contribution in [1.29, 1.82) is 0 Å². The molecule has 0 aromatic heterocycles. The van der Waals surface area contributed by atoms with Gasteiger partial charge in [0.25, 0.3) is 0 Å². The highest BCUT2D eigenvalue weighted by atomic mass is 32.2. The standard InChI is InChI=1S/C19H29NO5S/c1-5-11-26(22,23)20(18(21)25-19(2,3)4)16-12-17(13-16)24-14-15-9-7-6-8-10-15/h6-10,16-17H,5,11-14H2,1-4H3. The number of sulfonamides is 1. The zero-order valence-electron chi connectivity index (χ0n) is 16.0. The molecule has 26 heavy (non-hydrogen) atoms. The van der Waals surface area contributed by atoms with Gasteiger partial charge in [-0.15, -0.1) is 0 Å². The summed E-state index contributed by atoms with van der Waals surface area (Å²) in [5, 5.41) is 0. The van der Waals surface area contributed by atoms with Crippen LogP contribution in [-0.4, -0.2) is 42.3 Å². The first-order valence-electron chi connectivity index (χ1n) is 9.03. The summed E-state index contributed by atoms with van der Waals surface area (Å²) in [4.78, 5) is 12.5. The van der Waals surface area contributed by atoms with Crippen molar-refractivity contribution in [2.75, 3.05) is 5.75 Å². The maximum atomic E-state index is 12.6. The van der Waals surface area contributed by atoms with Crippen molar-refractivity contribution in [2.45, 2.75) is 71.3 Å². The fourth-order valence-electron chi connectivity index (χ4n) is 2.81. The molecule has 1 aliphatic rings. The first-order valence-corrected chi connectivity index (χ1v) is 10.6. The number of amides is 1. The molecular weight excluding hydrogens is 354 g/mol. The van der Waals surface area contributed by atoms with Crippen LogP contribution < -0.4 is 0 Å². The Labute approximate surface area is 156 Å². The summed E-state index contributed by atoms with van der Waals surface area (Å²) in [5.74, 6) is -0.0711. The summed E-state index contributed by atoms with van der Waals surface area (Å²) in [5.41, 5.74) is 0.322. The number of carbonyl (C=O) groups is 1. The van der Waals surface area contributed by atoms with Crippen molar-refractivity contribution in [1.82, 2.24) is 4.31 Å². The Balaban J connectivity index is 1.98. The van der Waals surface area contributed by atoms with Crippen LogP contribution in [0.1, 0.15) is 52.5 Å². The molecular formula is C19H29NO5S. The van der Waals surface area contributed by atoms with Crippen LogP contribution in [0.25, 0.3) is 0 Å². The lowest BCUT2D eigenvalue weighted by Crippen LogP contribution is -2.54. The number of rotatable bonds is 7. The van der Waals surface area contributed by atoms with Crippen molar-refractivity contribution >= 4 is 16.1 Å². The van der Waals surface area contributed by atoms with E-state index < -0.39 is 27.8 Å². The molecule has 0 N–H and O–H groups in total. The molecule has 0 spiro atoms.